The Morgan fingerprint density at radius 2 is 1.90 bits per heavy atom. The second-order valence-electron chi connectivity index (χ2n) is 6.66. The predicted molar refractivity (Wildman–Crippen MR) is 121 cm³/mol. The average molecular weight is 417 g/mol. The van der Waals surface area contributed by atoms with E-state index in [-0.39, 0.29) is 5.91 Å². The summed E-state index contributed by atoms with van der Waals surface area (Å²) in [6.45, 7) is 2.03. The normalized spacial score (nSPS) is 11.0. The van der Waals surface area contributed by atoms with Crippen molar-refractivity contribution in [2.24, 2.45) is 5.10 Å². The number of nitrogens with one attached hydrogen (secondary N) is 2. The maximum absolute atomic E-state index is 12.6. The van der Waals surface area contributed by atoms with Crippen molar-refractivity contribution < 1.29 is 9.21 Å². The van der Waals surface area contributed by atoms with E-state index in [0.717, 1.165) is 16.7 Å². The average Bonchev–Trinajstić information content (AvgIpc) is 3.40. The number of benzene rings is 2. The van der Waals surface area contributed by atoms with Crippen molar-refractivity contribution >= 4 is 33.6 Å². The maximum Gasteiger partial charge on any atom is 0.229 e. The van der Waals surface area contributed by atoms with E-state index >= 15 is 0 Å². The first kappa shape index (κ1) is 19.6. The Balaban J connectivity index is 1.55. The first-order valence-corrected chi connectivity index (χ1v) is 10.2. The molecule has 2 N–H and O–H groups in total. The van der Waals surface area contributed by atoms with Gasteiger partial charge in [0.2, 0.25) is 11.0 Å². The highest BCUT2D eigenvalue weighted by molar-refractivity contribution is 7.20. The molecule has 4 aromatic rings. The Morgan fingerprint density at radius 3 is 2.63 bits per heavy atom. The molecular formula is C23H20N4O2S. The highest BCUT2D eigenvalue weighted by Gasteiger charge is 2.16. The number of hydrogen-bond acceptors (Lipinski definition) is 6. The van der Waals surface area contributed by atoms with Crippen LogP contribution in [-0.2, 0) is 11.2 Å². The number of aryl methyl sites for hydroxylation is 1. The lowest BCUT2D eigenvalue weighted by Gasteiger charge is -2.06. The first-order valence-electron chi connectivity index (χ1n) is 9.41. The number of carbonyl (C=O) groups is 1. The molecule has 2 heterocycles. The highest BCUT2D eigenvalue weighted by Crippen LogP contribution is 2.36. The van der Waals surface area contributed by atoms with Crippen molar-refractivity contribution in [3.8, 4) is 11.3 Å². The molecule has 150 valence electrons. The Morgan fingerprint density at radius 1 is 1.10 bits per heavy atom. The molecule has 0 bridgehead atoms. The van der Waals surface area contributed by atoms with Gasteiger partial charge < -0.3 is 9.73 Å². The Labute approximate surface area is 178 Å². The molecule has 4 rings (SSSR count). The van der Waals surface area contributed by atoms with Crippen molar-refractivity contribution in [3.05, 3.63) is 89.9 Å². The van der Waals surface area contributed by atoms with Gasteiger partial charge >= 0.3 is 0 Å². The van der Waals surface area contributed by atoms with Crippen LogP contribution in [0.4, 0.5) is 10.1 Å². The van der Waals surface area contributed by atoms with Crippen LogP contribution in [0.1, 0.15) is 16.9 Å². The van der Waals surface area contributed by atoms with E-state index in [2.05, 4.69) is 20.8 Å². The molecule has 0 saturated heterocycles. The molecule has 1 amide bonds. The van der Waals surface area contributed by atoms with Crippen molar-refractivity contribution in [1.82, 2.24) is 4.98 Å². The molecule has 2 aromatic heterocycles. The monoisotopic (exact) mass is 416 g/mol. The molecule has 7 heteroatoms. The van der Waals surface area contributed by atoms with Gasteiger partial charge in [0.1, 0.15) is 16.5 Å². The summed E-state index contributed by atoms with van der Waals surface area (Å²) in [4.78, 5) is 17.2. The van der Waals surface area contributed by atoms with Crippen molar-refractivity contribution in [2.45, 2.75) is 13.3 Å². The molecule has 0 aliphatic rings. The zero-order valence-electron chi connectivity index (χ0n) is 16.3. The fraction of sp³-hybridized carbons (Fsp3) is 0.0870. The number of anilines is 2. The Hall–Kier alpha value is -3.71. The summed E-state index contributed by atoms with van der Waals surface area (Å²) in [7, 11) is 0. The van der Waals surface area contributed by atoms with E-state index in [1.54, 1.807) is 24.6 Å². The number of hydrazone groups is 1. The smallest absolute Gasteiger partial charge is 0.229 e. The SMILES string of the molecule is Cc1ccc(-c2nc(N/N=C/c3ccco3)sc2NC(=O)Cc2ccccc2)cc1. The second-order valence-corrected chi connectivity index (χ2v) is 7.66. The van der Waals surface area contributed by atoms with Crippen LogP contribution < -0.4 is 10.7 Å². The van der Waals surface area contributed by atoms with Crippen LogP contribution in [0.2, 0.25) is 0 Å². The quantitative estimate of drug-likeness (QED) is 0.315. The molecule has 0 spiro atoms. The van der Waals surface area contributed by atoms with Crippen LogP contribution in [0.3, 0.4) is 0 Å². The van der Waals surface area contributed by atoms with Gasteiger partial charge in [0.15, 0.2) is 0 Å². The molecule has 0 fully saturated rings. The minimum Gasteiger partial charge on any atom is -0.463 e. The lowest BCUT2D eigenvalue weighted by molar-refractivity contribution is -0.115. The van der Waals surface area contributed by atoms with E-state index in [0.29, 0.717) is 28.0 Å². The third-order valence-corrected chi connectivity index (χ3v) is 5.18. The maximum atomic E-state index is 12.6. The first-order chi connectivity index (χ1) is 14.7. The minimum atomic E-state index is -0.0937. The van der Waals surface area contributed by atoms with E-state index in [9.17, 15) is 4.79 Å². The number of amides is 1. The predicted octanol–water partition coefficient (Wildman–Crippen LogP) is 5.34. The molecule has 0 atom stereocenters. The van der Waals surface area contributed by atoms with Gasteiger partial charge in [-0.25, -0.2) is 4.98 Å². The zero-order valence-corrected chi connectivity index (χ0v) is 17.1. The summed E-state index contributed by atoms with van der Waals surface area (Å²) in [5.74, 6) is 0.540. The third-order valence-electron chi connectivity index (χ3n) is 4.31. The largest absolute Gasteiger partial charge is 0.463 e. The van der Waals surface area contributed by atoms with Gasteiger partial charge in [0.25, 0.3) is 0 Å². The molecule has 6 nitrogen and oxygen atoms in total. The summed E-state index contributed by atoms with van der Waals surface area (Å²) in [5.41, 5.74) is 6.66. The fourth-order valence-corrected chi connectivity index (χ4v) is 3.68. The molecule has 0 aliphatic carbocycles. The minimum absolute atomic E-state index is 0.0937. The van der Waals surface area contributed by atoms with Gasteiger partial charge in [-0.2, -0.15) is 5.10 Å². The summed E-state index contributed by atoms with van der Waals surface area (Å²) in [6.07, 6.45) is 3.45. The molecule has 2 aromatic carbocycles. The number of hydrogen-bond donors (Lipinski definition) is 2. The summed E-state index contributed by atoms with van der Waals surface area (Å²) in [5, 5.41) is 8.41. The van der Waals surface area contributed by atoms with Crippen LogP contribution in [0, 0.1) is 6.92 Å². The van der Waals surface area contributed by atoms with Crippen molar-refractivity contribution in [2.75, 3.05) is 10.7 Å². The second kappa shape index (κ2) is 9.19. The van der Waals surface area contributed by atoms with Crippen LogP contribution in [0.25, 0.3) is 11.3 Å². The van der Waals surface area contributed by atoms with E-state index < -0.39 is 0 Å². The lowest BCUT2D eigenvalue weighted by atomic mass is 10.1. The van der Waals surface area contributed by atoms with Crippen molar-refractivity contribution in [3.63, 3.8) is 0 Å². The van der Waals surface area contributed by atoms with E-state index in [1.165, 1.54) is 11.3 Å². The number of rotatable bonds is 7. The zero-order chi connectivity index (χ0) is 20.8. The highest BCUT2D eigenvalue weighted by atomic mass is 32.1. The topological polar surface area (TPSA) is 79.5 Å². The number of aromatic nitrogens is 1. The van der Waals surface area contributed by atoms with Gasteiger partial charge in [-0.1, -0.05) is 71.5 Å². The number of furan rings is 1. The van der Waals surface area contributed by atoms with Gasteiger partial charge in [0.05, 0.1) is 18.9 Å². The summed E-state index contributed by atoms with van der Waals surface area (Å²) >= 11 is 1.34. The molecule has 30 heavy (non-hydrogen) atoms. The standard InChI is InChI=1S/C23H20N4O2S/c1-16-9-11-18(12-10-16)21-22(25-20(28)14-17-6-3-2-4-7-17)30-23(26-21)27-24-15-19-8-5-13-29-19/h2-13,15H,14H2,1H3,(H,25,28)(H,26,27)/b24-15+. The van der Waals surface area contributed by atoms with Crippen LogP contribution >= 0.6 is 11.3 Å². The Kier molecular flexibility index (Phi) is 6.01. The van der Waals surface area contributed by atoms with Gasteiger partial charge in [-0.05, 0) is 24.6 Å². The van der Waals surface area contributed by atoms with E-state index in [4.69, 9.17) is 4.42 Å². The lowest BCUT2D eigenvalue weighted by Crippen LogP contribution is -2.14. The molecule has 0 radical (unpaired) electrons. The van der Waals surface area contributed by atoms with Crippen molar-refractivity contribution in [1.29, 1.82) is 0 Å². The van der Waals surface area contributed by atoms with Crippen LogP contribution in [0.15, 0.2) is 82.5 Å². The van der Waals surface area contributed by atoms with Gasteiger partial charge in [-0.15, -0.1) is 0 Å². The molecule has 0 aliphatic heterocycles. The fourth-order valence-electron chi connectivity index (χ4n) is 2.83. The van der Waals surface area contributed by atoms with Crippen LogP contribution in [-0.4, -0.2) is 17.1 Å². The summed E-state index contributed by atoms with van der Waals surface area (Å²) in [6, 6.07) is 21.3. The molecule has 0 saturated carbocycles. The molecule has 0 unspecified atom stereocenters. The van der Waals surface area contributed by atoms with Gasteiger partial charge in [0, 0.05) is 5.56 Å². The number of carbonyl (C=O) groups excluding carboxylic acids is 1. The Bertz CT molecular complexity index is 1130. The third kappa shape index (κ3) is 5.01. The van der Waals surface area contributed by atoms with E-state index in [1.807, 2.05) is 61.5 Å². The van der Waals surface area contributed by atoms with Gasteiger partial charge in [-0.3, -0.25) is 10.2 Å². The number of thiazole rings is 1. The summed E-state index contributed by atoms with van der Waals surface area (Å²) < 4.78 is 5.23. The number of nitrogens with zero attached hydrogens (tertiary/aromatic N) is 2. The molecular weight excluding hydrogens is 396 g/mol. The van der Waals surface area contributed by atoms with Crippen LogP contribution in [0.5, 0.6) is 0 Å².